The molecular formula is C12H19NO2. The molecule has 0 spiro atoms. The van der Waals surface area contributed by atoms with E-state index in [9.17, 15) is 5.11 Å². The van der Waals surface area contributed by atoms with Crippen LogP contribution in [0.25, 0.3) is 0 Å². The molecule has 1 N–H and O–H groups in total. The average Bonchev–Trinajstić information content (AvgIpc) is 2.18. The molecule has 0 amide bonds. The summed E-state index contributed by atoms with van der Waals surface area (Å²) in [6, 6.07) is 4.01. The highest BCUT2D eigenvalue weighted by Crippen LogP contribution is 2.12. The van der Waals surface area contributed by atoms with Crippen LogP contribution < -0.4 is 0 Å². The number of ether oxygens (including phenoxy) is 1. The van der Waals surface area contributed by atoms with Crippen LogP contribution in [0.3, 0.4) is 0 Å². The number of nitrogens with zero attached hydrogens (tertiary/aromatic N) is 1. The summed E-state index contributed by atoms with van der Waals surface area (Å²) in [4.78, 5) is 4.30. The van der Waals surface area contributed by atoms with Crippen LogP contribution in [0.4, 0.5) is 0 Å². The summed E-state index contributed by atoms with van der Waals surface area (Å²) in [5.74, 6) is 0. The molecule has 1 rings (SSSR count). The number of aliphatic hydroxyl groups is 1. The summed E-state index contributed by atoms with van der Waals surface area (Å²) in [6.07, 6.45) is 3.37. The van der Waals surface area contributed by atoms with Crippen LogP contribution in [0.1, 0.15) is 25.1 Å². The summed E-state index contributed by atoms with van der Waals surface area (Å²) in [6.45, 7) is 4.17. The van der Waals surface area contributed by atoms with Gasteiger partial charge in [0.15, 0.2) is 0 Å². The summed E-state index contributed by atoms with van der Waals surface area (Å²) in [7, 11) is 1.59. The molecule has 0 fully saturated rings. The zero-order chi connectivity index (χ0) is 11.3. The quantitative estimate of drug-likeness (QED) is 0.800. The highest BCUT2D eigenvalue weighted by atomic mass is 16.5. The Labute approximate surface area is 91.1 Å². The third-order valence-corrected chi connectivity index (χ3v) is 2.31. The molecule has 1 aromatic heterocycles. The molecule has 1 heterocycles. The maximum absolute atomic E-state index is 9.93. The predicted molar refractivity (Wildman–Crippen MR) is 59.8 cm³/mol. The van der Waals surface area contributed by atoms with Crippen molar-refractivity contribution < 1.29 is 9.84 Å². The fourth-order valence-electron chi connectivity index (χ4n) is 1.52. The van der Waals surface area contributed by atoms with Gasteiger partial charge in [0.25, 0.3) is 0 Å². The Kier molecular flexibility index (Phi) is 4.24. The minimum Gasteiger partial charge on any atom is -0.387 e. The van der Waals surface area contributed by atoms with Crippen molar-refractivity contribution in [2.24, 2.45) is 0 Å². The molecule has 0 aliphatic carbocycles. The number of aromatic nitrogens is 1. The van der Waals surface area contributed by atoms with Gasteiger partial charge in [-0.15, -0.1) is 0 Å². The number of rotatable bonds is 5. The molecule has 0 aromatic carbocycles. The van der Waals surface area contributed by atoms with E-state index in [1.54, 1.807) is 14.0 Å². The maximum atomic E-state index is 9.93. The van der Waals surface area contributed by atoms with Gasteiger partial charge < -0.3 is 9.84 Å². The molecule has 3 heteroatoms. The van der Waals surface area contributed by atoms with Crippen molar-refractivity contribution in [1.82, 2.24) is 4.98 Å². The maximum Gasteiger partial charge on any atom is 0.0907 e. The fourth-order valence-corrected chi connectivity index (χ4v) is 1.52. The first kappa shape index (κ1) is 12.1. The zero-order valence-corrected chi connectivity index (χ0v) is 9.66. The van der Waals surface area contributed by atoms with Crippen LogP contribution in [0, 0.1) is 0 Å². The van der Waals surface area contributed by atoms with Crippen LogP contribution in [0.5, 0.6) is 0 Å². The van der Waals surface area contributed by atoms with Gasteiger partial charge in [-0.25, -0.2) is 0 Å². The number of hydrogen-bond acceptors (Lipinski definition) is 3. The standard InChI is InChI=1S/C12H19NO2/c1-4-10-5-6-11(13-8-10)7-12(2,14)9-15-3/h5-6,8,14H,4,7,9H2,1-3H3. The van der Waals surface area contributed by atoms with Crippen molar-refractivity contribution in [3.63, 3.8) is 0 Å². The molecule has 3 nitrogen and oxygen atoms in total. The summed E-state index contributed by atoms with van der Waals surface area (Å²) in [5, 5.41) is 9.93. The van der Waals surface area contributed by atoms with Crippen molar-refractivity contribution in [1.29, 1.82) is 0 Å². The van der Waals surface area contributed by atoms with E-state index in [0.29, 0.717) is 13.0 Å². The van der Waals surface area contributed by atoms with Crippen molar-refractivity contribution in [3.05, 3.63) is 29.6 Å². The summed E-state index contributed by atoms with van der Waals surface area (Å²) >= 11 is 0. The van der Waals surface area contributed by atoms with E-state index in [1.807, 2.05) is 18.3 Å². The highest BCUT2D eigenvalue weighted by Gasteiger charge is 2.21. The van der Waals surface area contributed by atoms with Gasteiger partial charge in [0.05, 0.1) is 12.2 Å². The zero-order valence-electron chi connectivity index (χ0n) is 9.66. The first-order chi connectivity index (χ1) is 7.07. The lowest BCUT2D eigenvalue weighted by Crippen LogP contribution is -2.33. The average molecular weight is 209 g/mol. The van der Waals surface area contributed by atoms with Gasteiger partial charge in [-0.3, -0.25) is 4.98 Å². The minimum absolute atomic E-state index is 0.324. The number of pyridine rings is 1. The Morgan fingerprint density at radius 2 is 2.20 bits per heavy atom. The van der Waals surface area contributed by atoms with E-state index in [1.165, 1.54) is 5.56 Å². The van der Waals surface area contributed by atoms with Crippen LogP contribution in [0.2, 0.25) is 0 Å². The molecule has 0 radical (unpaired) electrons. The predicted octanol–water partition coefficient (Wildman–Crippen LogP) is 1.58. The third kappa shape index (κ3) is 3.98. The molecule has 1 atom stereocenters. The number of methoxy groups -OCH3 is 1. The summed E-state index contributed by atoms with van der Waals surface area (Å²) in [5.41, 5.74) is 1.27. The van der Waals surface area contributed by atoms with Crippen molar-refractivity contribution in [3.8, 4) is 0 Å². The first-order valence-corrected chi connectivity index (χ1v) is 5.22. The van der Waals surface area contributed by atoms with Crippen molar-refractivity contribution in [2.45, 2.75) is 32.3 Å². The summed E-state index contributed by atoms with van der Waals surface area (Å²) < 4.78 is 4.95. The first-order valence-electron chi connectivity index (χ1n) is 5.22. The molecule has 1 unspecified atom stereocenters. The largest absolute Gasteiger partial charge is 0.387 e. The smallest absolute Gasteiger partial charge is 0.0907 e. The lowest BCUT2D eigenvalue weighted by molar-refractivity contribution is -0.0167. The van der Waals surface area contributed by atoms with E-state index in [-0.39, 0.29) is 0 Å². The second-order valence-corrected chi connectivity index (χ2v) is 4.12. The molecule has 0 saturated heterocycles. The van der Waals surface area contributed by atoms with E-state index in [4.69, 9.17) is 4.74 Å². The Hall–Kier alpha value is -0.930. The van der Waals surface area contributed by atoms with Gasteiger partial charge in [0, 0.05) is 25.4 Å². The fraction of sp³-hybridized carbons (Fsp3) is 0.583. The second-order valence-electron chi connectivity index (χ2n) is 4.12. The lowest BCUT2D eigenvalue weighted by Gasteiger charge is -2.21. The molecule has 0 aliphatic heterocycles. The van der Waals surface area contributed by atoms with Crippen LogP contribution in [-0.2, 0) is 17.6 Å². The topological polar surface area (TPSA) is 42.4 Å². The minimum atomic E-state index is -0.838. The highest BCUT2D eigenvalue weighted by molar-refractivity contribution is 5.15. The van der Waals surface area contributed by atoms with Gasteiger partial charge in [0.2, 0.25) is 0 Å². The van der Waals surface area contributed by atoms with Crippen LogP contribution >= 0.6 is 0 Å². The molecule has 0 saturated carbocycles. The van der Waals surface area contributed by atoms with Crippen LogP contribution in [0.15, 0.2) is 18.3 Å². The Morgan fingerprint density at radius 3 is 2.67 bits per heavy atom. The van der Waals surface area contributed by atoms with Gasteiger partial charge >= 0.3 is 0 Å². The molecule has 84 valence electrons. The van der Waals surface area contributed by atoms with E-state index >= 15 is 0 Å². The molecule has 15 heavy (non-hydrogen) atoms. The van der Waals surface area contributed by atoms with Gasteiger partial charge in [-0.1, -0.05) is 13.0 Å². The van der Waals surface area contributed by atoms with Crippen molar-refractivity contribution >= 4 is 0 Å². The normalized spacial score (nSPS) is 14.9. The molecule has 1 aromatic rings. The second kappa shape index (κ2) is 5.24. The molecule has 0 aliphatic rings. The van der Waals surface area contributed by atoms with E-state index in [0.717, 1.165) is 12.1 Å². The Morgan fingerprint density at radius 1 is 1.47 bits per heavy atom. The van der Waals surface area contributed by atoms with Gasteiger partial charge in [0.1, 0.15) is 0 Å². The lowest BCUT2D eigenvalue weighted by atomic mass is 10.0. The third-order valence-electron chi connectivity index (χ3n) is 2.31. The van der Waals surface area contributed by atoms with E-state index in [2.05, 4.69) is 11.9 Å². The molecule has 0 bridgehead atoms. The SMILES string of the molecule is CCc1ccc(CC(C)(O)COC)nc1. The van der Waals surface area contributed by atoms with Crippen LogP contribution in [-0.4, -0.2) is 29.4 Å². The Balaban J connectivity index is 2.64. The van der Waals surface area contributed by atoms with Gasteiger partial charge in [-0.05, 0) is 25.0 Å². The van der Waals surface area contributed by atoms with Gasteiger partial charge in [-0.2, -0.15) is 0 Å². The Bertz CT molecular complexity index is 293. The van der Waals surface area contributed by atoms with Crippen molar-refractivity contribution in [2.75, 3.05) is 13.7 Å². The number of hydrogen-bond donors (Lipinski definition) is 1. The van der Waals surface area contributed by atoms with E-state index < -0.39 is 5.60 Å². The molecular weight excluding hydrogens is 190 g/mol. The monoisotopic (exact) mass is 209 g/mol. The number of aryl methyl sites for hydroxylation is 1.